The molecule has 2 aromatic rings. The highest BCUT2D eigenvalue weighted by atomic mass is 16.5. The van der Waals surface area contributed by atoms with E-state index >= 15 is 0 Å². The molecule has 1 aliphatic heterocycles. The van der Waals surface area contributed by atoms with Gasteiger partial charge in [-0.1, -0.05) is 0 Å². The molecule has 1 aliphatic rings. The lowest BCUT2D eigenvalue weighted by molar-refractivity contribution is 0.191. The maximum Gasteiger partial charge on any atom is 0.258 e. The summed E-state index contributed by atoms with van der Waals surface area (Å²) in [5, 5.41) is 1.04. The minimum Gasteiger partial charge on any atom is -0.478 e. The van der Waals surface area contributed by atoms with Crippen molar-refractivity contribution in [3.8, 4) is 5.88 Å². The summed E-state index contributed by atoms with van der Waals surface area (Å²) in [6, 6.07) is 3.99. The van der Waals surface area contributed by atoms with Crippen molar-refractivity contribution >= 4 is 11.0 Å². The molecule has 0 bridgehead atoms. The van der Waals surface area contributed by atoms with Gasteiger partial charge in [0.2, 0.25) is 0 Å². The van der Waals surface area contributed by atoms with E-state index in [1.54, 1.807) is 13.3 Å². The number of rotatable bonds is 2. The molecular weight excluding hydrogens is 206 g/mol. The molecule has 0 radical (unpaired) electrons. The fourth-order valence-corrected chi connectivity index (χ4v) is 2.07. The summed E-state index contributed by atoms with van der Waals surface area (Å²) in [6.07, 6.45) is 2.75. The van der Waals surface area contributed by atoms with E-state index in [1.165, 1.54) is 0 Å². The van der Waals surface area contributed by atoms with Crippen molar-refractivity contribution in [3.63, 3.8) is 0 Å². The Kier molecular flexibility index (Phi) is 2.29. The first-order valence-corrected chi connectivity index (χ1v) is 5.38. The molecule has 0 spiro atoms. The molecule has 0 aliphatic carbocycles. The molecule has 3 rings (SSSR count). The zero-order chi connectivity index (χ0) is 11.0. The largest absolute Gasteiger partial charge is 0.478 e. The van der Waals surface area contributed by atoms with Crippen LogP contribution < -0.4 is 4.74 Å². The van der Waals surface area contributed by atoms with Crippen LogP contribution in [0.2, 0.25) is 0 Å². The lowest BCUT2D eigenvalue weighted by atomic mass is 10.1. The second-order valence-electron chi connectivity index (χ2n) is 3.95. The summed E-state index contributed by atoms with van der Waals surface area (Å²) in [7, 11) is 1.60. The first-order chi connectivity index (χ1) is 7.88. The predicted molar refractivity (Wildman–Crippen MR) is 58.7 cm³/mol. The zero-order valence-electron chi connectivity index (χ0n) is 9.10. The monoisotopic (exact) mass is 219 g/mol. The van der Waals surface area contributed by atoms with Crippen LogP contribution in [0.4, 0.5) is 0 Å². The van der Waals surface area contributed by atoms with Crippen molar-refractivity contribution in [1.29, 1.82) is 0 Å². The van der Waals surface area contributed by atoms with Crippen LogP contribution in [0.15, 0.2) is 22.7 Å². The standard InChI is InChI=1S/C12H13NO3/c1-14-12-11-8(2-4-13-12)6-10(16-11)9-3-5-15-7-9/h2,4,6,9H,3,5,7H2,1H3. The Morgan fingerprint density at radius 3 is 3.19 bits per heavy atom. The van der Waals surface area contributed by atoms with Gasteiger partial charge in [0, 0.05) is 24.1 Å². The smallest absolute Gasteiger partial charge is 0.258 e. The van der Waals surface area contributed by atoms with Crippen LogP contribution in [0, 0.1) is 0 Å². The molecule has 16 heavy (non-hydrogen) atoms. The summed E-state index contributed by atoms with van der Waals surface area (Å²) in [4.78, 5) is 4.12. The molecule has 0 amide bonds. The zero-order valence-corrected chi connectivity index (χ0v) is 9.10. The Morgan fingerprint density at radius 2 is 2.44 bits per heavy atom. The van der Waals surface area contributed by atoms with Crippen molar-refractivity contribution in [2.45, 2.75) is 12.3 Å². The third kappa shape index (κ3) is 1.46. The normalized spacial score (nSPS) is 20.4. The molecule has 4 heteroatoms. The SMILES string of the molecule is COc1nccc2cc(C3CCOC3)oc12. The van der Waals surface area contributed by atoms with Crippen LogP contribution in [0.1, 0.15) is 18.1 Å². The maximum absolute atomic E-state index is 5.81. The Hall–Kier alpha value is -1.55. The number of pyridine rings is 1. The van der Waals surface area contributed by atoms with Crippen LogP contribution in [0.5, 0.6) is 5.88 Å². The summed E-state index contributed by atoms with van der Waals surface area (Å²) in [6.45, 7) is 1.56. The minimum absolute atomic E-state index is 0.372. The van der Waals surface area contributed by atoms with E-state index in [1.807, 2.05) is 6.07 Å². The lowest BCUT2D eigenvalue weighted by Crippen LogP contribution is -1.94. The van der Waals surface area contributed by atoms with Gasteiger partial charge in [-0.05, 0) is 18.6 Å². The van der Waals surface area contributed by atoms with Gasteiger partial charge in [-0.3, -0.25) is 0 Å². The van der Waals surface area contributed by atoms with Crippen LogP contribution >= 0.6 is 0 Å². The van der Waals surface area contributed by atoms with Gasteiger partial charge in [-0.2, -0.15) is 0 Å². The highest BCUT2D eigenvalue weighted by molar-refractivity contribution is 5.82. The van der Waals surface area contributed by atoms with Crippen molar-refractivity contribution in [3.05, 3.63) is 24.1 Å². The summed E-state index contributed by atoms with van der Waals surface area (Å²) in [5.41, 5.74) is 0.729. The summed E-state index contributed by atoms with van der Waals surface area (Å²) < 4.78 is 16.3. The molecular formula is C12H13NO3. The summed E-state index contributed by atoms with van der Waals surface area (Å²) >= 11 is 0. The van der Waals surface area contributed by atoms with E-state index < -0.39 is 0 Å². The quantitative estimate of drug-likeness (QED) is 0.777. The molecule has 1 atom stereocenters. The minimum atomic E-state index is 0.372. The topological polar surface area (TPSA) is 44.5 Å². The second-order valence-corrected chi connectivity index (χ2v) is 3.95. The van der Waals surface area contributed by atoms with Gasteiger partial charge in [0.05, 0.1) is 13.7 Å². The van der Waals surface area contributed by atoms with Crippen molar-refractivity contribution in [2.24, 2.45) is 0 Å². The second kappa shape index (κ2) is 3.79. The fourth-order valence-electron chi connectivity index (χ4n) is 2.07. The van der Waals surface area contributed by atoms with Gasteiger partial charge in [-0.25, -0.2) is 4.98 Å². The van der Waals surface area contributed by atoms with Crippen molar-refractivity contribution < 1.29 is 13.9 Å². The molecule has 2 aromatic heterocycles. The Bertz CT molecular complexity index is 500. The fraction of sp³-hybridized carbons (Fsp3) is 0.417. The van der Waals surface area contributed by atoms with E-state index in [2.05, 4.69) is 11.1 Å². The lowest BCUT2D eigenvalue weighted by Gasteiger charge is -2.01. The number of methoxy groups -OCH3 is 1. The molecule has 0 N–H and O–H groups in total. The first-order valence-electron chi connectivity index (χ1n) is 5.38. The van der Waals surface area contributed by atoms with Crippen LogP contribution in [-0.4, -0.2) is 25.3 Å². The van der Waals surface area contributed by atoms with Crippen LogP contribution in [-0.2, 0) is 4.74 Å². The Balaban J connectivity index is 2.07. The molecule has 1 fully saturated rings. The third-order valence-electron chi connectivity index (χ3n) is 2.95. The van der Waals surface area contributed by atoms with Crippen LogP contribution in [0.3, 0.4) is 0 Å². The molecule has 1 unspecified atom stereocenters. The average Bonchev–Trinajstić information content (AvgIpc) is 2.96. The van der Waals surface area contributed by atoms with Gasteiger partial charge in [-0.15, -0.1) is 0 Å². The molecule has 4 nitrogen and oxygen atoms in total. The summed E-state index contributed by atoms with van der Waals surface area (Å²) in [5.74, 6) is 1.89. The molecule has 0 saturated carbocycles. The number of furan rings is 1. The van der Waals surface area contributed by atoms with E-state index in [4.69, 9.17) is 13.9 Å². The van der Waals surface area contributed by atoms with Gasteiger partial charge >= 0.3 is 0 Å². The molecule has 84 valence electrons. The number of hydrogen-bond acceptors (Lipinski definition) is 4. The number of hydrogen-bond donors (Lipinski definition) is 0. The van der Waals surface area contributed by atoms with Gasteiger partial charge in [0.1, 0.15) is 5.76 Å². The number of fused-ring (bicyclic) bond motifs is 1. The number of aromatic nitrogens is 1. The Labute approximate surface area is 93.2 Å². The van der Waals surface area contributed by atoms with Crippen LogP contribution in [0.25, 0.3) is 11.0 Å². The average molecular weight is 219 g/mol. The first kappa shape index (κ1) is 9.66. The highest BCUT2D eigenvalue weighted by Gasteiger charge is 2.22. The van der Waals surface area contributed by atoms with Gasteiger partial charge in [0.25, 0.3) is 5.88 Å². The van der Waals surface area contributed by atoms with Gasteiger partial charge < -0.3 is 13.9 Å². The van der Waals surface area contributed by atoms with E-state index in [0.717, 1.165) is 36.4 Å². The van der Waals surface area contributed by atoms with E-state index in [9.17, 15) is 0 Å². The highest BCUT2D eigenvalue weighted by Crippen LogP contribution is 2.33. The molecule has 1 saturated heterocycles. The number of nitrogens with zero attached hydrogens (tertiary/aromatic N) is 1. The van der Waals surface area contributed by atoms with E-state index in [-0.39, 0.29) is 0 Å². The van der Waals surface area contributed by atoms with Gasteiger partial charge in [0.15, 0.2) is 5.58 Å². The van der Waals surface area contributed by atoms with E-state index in [0.29, 0.717) is 11.8 Å². The predicted octanol–water partition coefficient (Wildman–Crippen LogP) is 2.34. The van der Waals surface area contributed by atoms with Crippen molar-refractivity contribution in [2.75, 3.05) is 20.3 Å². The molecule has 0 aromatic carbocycles. The van der Waals surface area contributed by atoms with Crippen molar-refractivity contribution in [1.82, 2.24) is 4.98 Å². The Morgan fingerprint density at radius 1 is 1.50 bits per heavy atom. The number of ether oxygens (including phenoxy) is 2. The maximum atomic E-state index is 5.81. The molecule has 3 heterocycles. The third-order valence-corrected chi connectivity index (χ3v) is 2.95.